The molecule has 0 spiro atoms. The van der Waals surface area contributed by atoms with Gasteiger partial charge in [0.05, 0.1) is 13.7 Å². The van der Waals surface area contributed by atoms with Crippen LogP contribution < -0.4 is 10.1 Å². The van der Waals surface area contributed by atoms with Crippen LogP contribution in [0.2, 0.25) is 0 Å². The summed E-state index contributed by atoms with van der Waals surface area (Å²) in [5.74, 6) is -0.647. The molecule has 0 aliphatic heterocycles. The maximum atomic E-state index is 12.0. The molecule has 0 fully saturated rings. The number of ether oxygens (including phenoxy) is 1. The number of nitrogens with one attached hydrogen (secondary N) is 1. The molecule has 0 aliphatic rings. The number of carbonyl (C=O) groups excluding carboxylic acids is 1. The predicted octanol–water partition coefficient (Wildman–Crippen LogP) is 0.701. The summed E-state index contributed by atoms with van der Waals surface area (Å²) >= 11 is 0. The van der Waals surface area contributed by atoms with Crippen molar-refractivity contribution in [1.82, 2.24) is 25.1 Å². The molecule has 2 aromatic heterocycles. The summed E-state index contributed by atoms with van der Waals surface area (Å²) in [4.78, 5) is 11.1. The van der Waals surface area contributed by atoms with Crippen molar-refractivity contribution in [2.24, 2.45) is 0 Å². The van der Waals surface area contributed by atoms with Crippen molar-refractivity contribution < 1.29 is 22.7 Å². The molecule has 20 heavy (non-hydrogen) atoms. The van der Waals surface area contributed by atoms with Crippen LogP contribution >= 0.6 is 0 Å². The first-order chi connectivity index (χ1) is 9.39. The lowest BCUT2D eigenvalue weighted by Crippen LogP contribution is -2.28. The highest BCUT2D eigenvalue weighted by molar-refractivity contribution is 5.76. The second-order valence-electron chi connectivity index (χ2n) is 3.83. The van der Waals surface area contributed by atoms with E-state index in [0.717, 1.165) is 0 Å². The smallest absolute Gasteiger partial charge is 0.397 e. The van der Waals surface area contributed by atoms with E-state index in [4.69, 9.17) is 4.74 Å². The third-order valence-corrected chi connectivity index (χ3v) is 2.32. The molecular weight excluding hydrogens is 279 g/mol. The van der Waals surface area contributed by atoms with Gasteiger partial charge in [0, 0.05) is 6.07 Å². The average Bonchev–Trinajstić information content (AvgIpc) is 2.76. The highest BCUT2D eigenvalue weighted by atomic mass is 19.4. The monoisotopic (exact) mass is 289 g/mol. The van der Waals surface area contributed by atoms with E-state index in [-0.39, 0.29) is 12.4 Å². The summed E-state index contributed by atoms with van der Waals surface area (Å²) in [6.07, 6.45) is -6.08. The first-order valence-electron chi connectivity index (χ1n) is 5.48. The molecule has 0 atom stereocenters. The maximum absolute atomic E-state index is 12.0. The van der Waals surface area contributed by atoms with Gasteiger partial charge in [-0.1, -0.05) is 0 Å². The zero-order chi connectivity index (χ0) is 14.8. The van der Waals surface area contributed by atoms with Gasteiger partial charge >= 0.3 is 6.18 Å². The van der Waals surface area contributed by atoms with Crippen LogP contribution in [-0.4, -0.2) is 39.0 Å². The molecule has 7 nitrogen and oxygen atoms in total. The molecule has 0 unspecified atom stereocenters. The molecule has 2 rings (SSSR count). The normalized spacial score (nSPS) is 11.6. The molecule has 0 aliphatic carbocycles. The van der Waals surface area contributed by atoms with Crippen LogP contribution in [0, 0.1) is 0 Å². The fourth-order valence-corrected chi connectivity index (χ4v) is 1.46. The van der Waals surface area contributed by atoms with Crippen molar-refractivity contribution in [1.29, 1.82) is 0 Å². The minimum Gasteiger partial charge on any atom is -0.480 e. The Morgan fingerprint density at radius 1 is 1.40 bits per heavy atom. The highest BCUT2D eigenvalue weighted by Gasteiger charge is 2.31. The maximum Gasteiger partial charge on any atom is 0.397 e. The minimum atomic E-state index is -4.54. The number of rotatable bonds is 4. The van der Waals surface area contributed by atoms with Gasteiger partial charge in [0.25, 0.3) is 0 Å². The van der Waals surface area contributed by atoms with Crippen LogP contribution in [0.3, 0.4) is 0 Å². The Bertz CT molecular complexity index is 625. The van der Waals surface area contributed by atoms with Crippen LogP contribution in [0.4, 0.5) is 13.2 Å². The first-order valence-corrected chi connectivity index (χ1v) is 5.48. The van der Waals surface area contributed by atoms with Gasteiger partial charge in [-0.3, -0.25) is 4.79 Å². The number of hydrogen-bond acceptors (Lipinski definition) is 5. The Morgan fingerprint density at radius 3 is 2.80 bits per heavy atom. The molecule has 1 amide bonds. The summed E-state index contributed by atoms with van der Waals surface area (Å²) in [5.41, 5.74) is 0.394. The second kappa shape index (κ2) is 5.31. The van der Waals surface area contributed by atoms with E-state index in [1.165, 1.54) is 11.6 Å². The number of nitrogens with zero attached hydrogens (tertiary/aromatic N) is 4. The van der Waals surface area contributed by atoms with Crippen LogP contribution in [0.25, 0.3) is 5.65 Å². The molecule has 2 aromatic rings. The van der Waals surface area contributed by atoms with E-state index in [0.29, 0.717) is 11.5 Å². The van der Waals surface area contributed by atoms with Crippen molar-refractivity contribution in [3.05, 3.63) is 18.0 Å². The zero-order valence-electron chi connectivity index (χ0n) is 10.3. The average molecular weight is 289 g/mol. The van der Waals surface area contributed by atoms with Gasteiger partial charge in [-0.25, -0.2) is 0 Å². The van der Waals surface area contributed by atoms with E-state index in [2.05, 4.69) is 20.6 Å². The summed E-state index contributed by atoms with van der Waals surface area (Å²) in [6.45, 7) is -0.212. The molecule has 0 saturated heterocycles. The quantitative estimate of drug-likeness (QED) is 0.896. The number of halogens is 3. The lowest BCUT2D eigenvalue weighted by molar-refractivity contribution is -0.153. The molecule has 0 radical (unpaired) electrons. The van der Waals surface area contributed by atoms with Crippen molar-refractivity contribution in [3.8, 4) is 5.88 Å². The number of fused-ring (bicyclic) bond motifs is 1. The fraction of sp³-hybridized carbons (Fsp3) is 0.400. The van der Waals surface area contributed by atoms with Crippen LogP contribution in [-0.2, 0) is 11.3 Å². The number of hydrogen-bond donors (Lipinski definition) is 1. The predicted molar refractivity (Wildman–Crippen MR) is 59.9 cm³/mol. The van der Waals surface area contributed by atoms with Gasteiger partial charge in [-0.05, 0) is 6.07 Å². The SMILES string of the molecule is COc1ccc2nnc(CNC(=O)CC(F)(F)F)n2n1. The zero-order valence-corrected chi connectivity index (χ0v) is 10.3. The van der Waals surface area contributed by atoms with E-state index >= 15 is 0 Å². The minimum absolute atomic E-state index is 0.203. The third kappa shape index (κ3) is 3.33. The summed E-state index contributed by atoms with van der Waals surface area (Å²) in [5, 5.41) is 13.6. The van der Waals surface area contributed by atoms with E-state index < -0.39 is 18.5 Å². The Kier molecular flexibility index (Phi) is 3.72. The number of aromatic nitrogens is 4. The highest BCUT2D eigenvalue weighted by Crippen LogP contribution is 2.19. The van der Waals surface area contributed by atoms with E-state index in [9.17, 15) is 18.0 Å². The van der Waals surface area contributed by atoms with Gasteiger partial charge in [0.15, 0.2) is 11.5 Å². The van der Waals surface area contributed by atoms with Crippen molar-refractivity contribution in [2.75, 3.05) is 7.11 Å². The Labute approximate surface area is 110 Å². The van der Waals surface area contributed by atoms with Gasteiger partial charge in [-0.2, -0.15) is 17.7 Å². The van der Waals surface area contributed by atoms with Gasteiger partial charge in [0.1, 0.15) is 6.42 Å². The topological polar surface area (TPSA) is 81.4 Å². The van der Waals surface area contributed by atoms with Crippen molar-refractivity contribution in [3.63, 3.8) is 0 Å². The van der Waals surface area contributed by atoms with Crippen LogP contribution in [0.15, 0.2) is 12.1 Å². The van der Waals surface area contributed by atoms with E-state index in [1.54, 1.807) is 12.1 Å². The first kappa shape index (κ1) is 14.0. The lowest BCUT2D eigenvalue weighted by atomic mass is 10.4. The standard InChI is InChI=1S/C10H10F3N5O2/c1-20-9-3-2-6-15-16-7(18(6)17-9)5-14-8(19)4-10(11,12)13/h2-3H,4-5H2,1H3,(H,14,19). The lowest BCUT2D eigenvalue weighted by Gasteiger charge is -2.06. The number of alkyl halides is 3. The molecule has 108 valence electrons. The van der Waals surface area contributed by atoms with Gasteiger partial charge in [0.2, 0.25) is 11.8 Å². The molecule has 2 heterocycles. The molecule has 10 heteroatoms. The number of amides is 1. The van der Waals surface area contributed by atoms with Crippen molar-refractivity contribution >= 4 is 11.6 Å². The van der Waals surface area contributed by atoms with Crippen LogP contribution in [0.1, 0.15) is 12.2 Å². The van der Waals surface area contributed by atoms with E-state index in [1.807, 2.05) is 0 Å². The second-order valence-corrected chi connectivity index (χ2v) is 3.83. The van der Waals surface area contributed by atoms with Crippen molar-refractivity contribution in [2.45, 2.75) is 19.1 Å². The van der Waals surface area contributed by atoms with Gasteiger partial charge < -0.3 is 10.1 Å². The summed E-state index contributed by atoms with van der Waals surface area (Å²) in [6, 6.07) is 3.15. The summed E-state index contributed by atoms with van der Waals surface area (Å²) in [7, 11) is 1.42. The molecule has 1 N–H and O–H groups in total. The number of methoxy groups -OCH3 is 1. The largest absolute Gasteiger partial charge is 0.480 e. The molecule has 0 saturated carbocycles. The Balaban J connectivity index is 2.08. The number of carbonyl (C=O) groups is 1. The molecular formula is C10H10F3N5O2. The Morgan fingerprint density at radius 2 is 2.15 bits per heavy atom. The Hall–Kier alpha value is -2.39. The molecule has 0 aromatic carbocycles. The summed E-state index contributed by atoms with van der Waals surface area (Å²) < 4.78 is 42.2. The van der Waals surface area contributed by atoms with Crippen LogP contribution in [0.5, 0.6) is 5.88 Å². The fourth-order valence-electron chi connectivity index (χ4n) is 1.46. The molecule has 0 bridgehead atoms. The van der Waals surface area contributed by atoms with Gasteiger partial charge in [-0.15, -0.1) is 15.3 Å². The third-order valence-electron chi connectivity index (χ3n) is 2.32.